The lowest BCUT2D eigenvalue weighted by Crippen LogP contribution is -2.50. The lowest BCUT2D eigenvalue weighted by Gasteiger charge is -2.35. The van der Waals surface area contributed by atoms with Crippen molar-refractivity contribution in [3.8, 4) is 0 Å². The van der Waals surface area contributed by atoms with Gasteiger partial charge >= 0.3 is 0 Å². The maximum atomic E-state index is 11.5. The molecule has 1 aliphatic carbocycles. The second-order valence-electron chi connectivity index (χ2n) is 4.71. The van der Waals surface area contributed by atoms with E-state index in [0.29, 0.717) is 17.9 Å². The molecule has 0 aromatic carbocycles. The van der Waals surface area contributed by atoms with Crippen molar-refractivity contribution >= 4 is 5.91 Å². The number of nitrogens with one attached hydrogen (secondary N) is 1. The Bertz CT molecular complexity index is 193. The van der Waals surface area contributed by atoms with Crippen LogP contribution in [0, 0.1) is 11.8 Å². The van der Waals surface area contributed by atoms with E-state index in [0.717, 1.165) is 0 Å². The van der Waals surface area contributed by atoms with Crippen LogP contribution in [0.25, 0.3) is 0 Å². The van der Waals surface area contributed by atoms with Gasteiger partial charge < -0.3 is 11.1 Å². The Labute approximate surface area is 86.4 Å². The molecule has 0 radical (unpaired) electrons. The minimum absolute atomic E-state index is 0.0180. The predicted octanol–water partition coefficient (Wildman–Crippen LogP) is 1.27. The van der Waals surface area contributed by atoms with Gasteiger partial charge in [0.15, 0.2) is 0 Å². The molecule has 3 nitrogen and oxygen atoms in total. The quantitative estimate of drug-likeness (QED) is 0.702. The minimum Gasteiger partial charge on any atom is -0.351 e. The van der Waals surface area contributed by atoms with Gasteiger partial charge in [0, 0.05) is 6.04 Å². The normalized spacial score (nSPS) is 35.0. The molecule has 1 amide bonds. The van der Waals surface area contributed by atoms with Crippen LogP contribution in [0.4, 0.5) is 0 Å². The number of rotatable bonds is 2. The molecule has 3 heteroatoms. The molecule has 0 heterocycles. The van der Waals surface area contributed by atoms with Crippen molar-refractivity contribution in [3.63, 3.8) is 0 Å². The van der Waals surface area contributed by atoms with E-state index in [1.807, 2.05) is 0 Å². The van der Waals surface area contributed by atoms with Crippen LogP contribution in [0.2, 0.25) is 0 Å². The van der Waals surface area contributed by atoms with E-state index in [9.17, 15) is 4.79 Å². The van der Waals surface area contributed by atoms with Crippen molar-refractivity contribution in [1.29, 1.82) is 0 Å². The summed E-state index contributed by atoms with van der Waals surface area (Å²) in [5.41, 5.74) is 5.53. The first-order chi connectivity index (χ1) is 6.52. The number of carbonyl (C=O) groups is 1. The summed E-state index contributed by atoms with van der Waals surface area (Å²) < 4.78 is 0. The molecule has 3 unspecified atom stereocenters. The number of nitrogens with two attached hydrogens (primary N) is 1. The zero-order valence-electron chi connectivity index (χ0n) is 9.42. The number of amides is 1. The van der Waals surface area contributed by atoms with Gasteiger partial charge in [0.05, 0.1) is 6.04 Å². The fourth-order valence-electron chi connectivity index (χ4n) is 2.26. The summed E-state index contributed by atoms with van der Waals surface area (Å²) in [7, 11) is 0. The highest BCUT2D eigenvalue weighted by Gasteiger charge is 2.29. The highest BCUT2D eigenvalue weighted by Crippen LogP contribution is 2.28. The molecule has 1 rings (SSSR count). The fourth-order valence-corrected chi connectivity index (χ4v) is 2.26. The Balaban J connectivity index is 2.52. The molecule has 1 aliphatic rings. The van der Waals surface area contributed by atoms with E-state index in [-0.39, 0.29) is 5.91 Å². The molecular weight excluding hydrogens is 176 g/mol. The molecular formula is C11H22N2O. The zero-order valence-corrected chi connectivity index (χ0v) is 9.42. The lowest BCUT2D eigenvalue weighted by atomic mass is 9.78. The van der Waals surface area contributed by atoms with Crippen molar-refractivity contribution in [2.45, 2.75) is 52.1 Å². The Morgan fingerprint density at radius 1 is 1.36 bits per heavy atom. The van der Waals surface area contributed by atoms with Gasteiger partial charge in [-0.05, 0) is 31.6 Å². The summed E-state index contributed by atoms with van der Waals surface area (Å²) in [6, 6.07) is -0.0708. The van der Waals surface area contributed by atoms with Gasteiger partial charge in [0.1, 0.15) is 0 Å². The Morgan fingerprint density at radius 3 is 2.29 bits per heavy atom. The van der Waals surface area contributed by atoms with Crippen LogP contribution in [-0.2, 0) is 4.79 Å². The molecule has 1 saturated carbocycles. The molecule has 0 saturated heterocycles. The summed E-state index contributed by atoms with van der Waals surface area (Å²) >= 11 is 0. The monoisotopic (exact) mass is 198 g/mol. The summed E-state index contributed by atoms with van der Waals surface area (Å²) in [5, 5.41) is 3.05. The second-order valence-corrected chi connectivity index (χ2v) is 4.71. The summed E-state index contributed by atoms with van der Waals surface area (Å²) in [4.78, 5) is 11.5. The highest BCUT2D eigenvalue weighted by molar-refractivity contribution is 5.81. The van der Waals surface area contributed by atoms with E-state index in [2.05, 4.69) is 19.2 Å². The average Bonchev–Trinajstić information content (AvgIpc) is 2.11. The Morgan fingerprint density at radius 2 is 1.86 bits per heavy atom. The number of hydrogen-bond donors (Lipinski definition) is 2. The maximum Gasteiger partial charge on any atom is 0.236 e. The number of hydrogen-bond acceptors (Lipinski definition) is 2. The Kier molecular flexibility index (Phi) is 3.93. The molecule has 3 N–H and O–H groups in total. The predicted molar refractivity (Wildman–Crippen MR) is 57.8 cm³/mol. The lowest BCUT2D eigenvalue weighted by molar-refractivity contribution is -0.123. The smallest absolute Gasteiger partial charge is 0.236 e. The van der Waals surface area contributed by atoms with Crippen LogP contribution in [0.5, 0.6) is 0 Å². The van der Waals surface area contributed by atoms with Crippen LogP contribution >= 0.6 is 0 Å². The second kappa shape index (κ2) is 4.78. The summed E-state index contributed by atoms with van der Waals surface area (Å²) in [5.74, 6) is 1.15. The SMILES string of the molecule is CC(N)C(=O)NC1C(C)CCCC1C. The van der Waals surface area contributed by atoms with Gasteiger partial charge in [-0.15, -0.1) is 0 Å². The molecule has 0 bridgehead atoms. The van der Waals surface area contributed by atoms with Gasteiger partial charge in [-0.2, -0.15) is 0 Å². The molecule has 0 spiro atoms. The average molecular weight is 198 g/mol. The molecule has 1 fully saturated rings. The van der Waals surface area contributed by atoms with Gasteiger partial charge in [0.25, 0.3) is 0 Å². The topological polar surface area (TPSA) is 55.1 Å². The summed E-state index contributed by atoms with van der Waals surface area (Å²) in [6.45, 7) is 6.15. The Hall–Kier alpha value is -0.570. The van der Waals surface area contributed by atoms with Crippen LogP contribution in [0.1, 0.15) is 40.0 Å². The third-order valence-electron chi connectivity index (χ3n) is 3.27. The molecule has 0 aromatic rings. The number of carbonyl (C=O) groups excluding carboxylic acids is 1. The van der Waals surface area contributed by atoms with Crippen LogP contribution in [0.15, 0.2) is 0 Å². The first kappa shape index (κ1) is 11.5. The molecule has 3 atom stereocenters. The van der Waals surface area contributed by atoms with E-state index in [1.54, 1.807) is 6.92 Å². The van der Waals surface area contributed by atoms with Crippen LogP contribution in [0.3, 0.4) is 0 Å². The van der Waals surface area contributed by atoms with E-state index in [1.165, 1.54) is 19.3 Å². The van der Waals surface area contributed by atoms with Gasteiger partial charge in [0.2, 0.25) is 5.91 Å². The van der Waals surface area contributed by atoms with Gasteiger partial charge in [-0.1, -0.05) is 20.3 Å². The van der Waals surface area contributed by atoms with Gasteiger partial charge in [-0.25, -0.2) is 0 Å². The van der Waals surface area contributed by atoms with E-state index >= 15 is 0 Å². The first-order valence-corrected chi connectivity index (χ1v) is 5.58. The largest absolute Gasteiger partial charge is 0.351 e. The third kappa shape index (κ3) is 2.71. The standard InChI is InChI=1S/C11H22N2O/c1-7-5-4-6-8(2)10(7)13-11(14)9(3)12/h7-10H,4-6,12H2,1-3H3,(H,13,14). The maximum absolute atomic E-state index is 11.5. The van der Waals surface area contributed by atoms with E-state index < -0.39 is 6.04 Å². The van der Waals surface area contributed by atoms with Crippen molar-refractivity contribution in [2.24, 2.45) is 17.6 Å². The third-order valence-corrected chi connectivity index (χ3v) is 3.27. The highest BCUT2D eigenvalue weighted by atomic mass is 16.2. The molecule has 0 aromatic heterocycles. The molecule has 82 valence electrons. The van der Waals surface area contributed by atoms with Crippen molar-refractivity contribution in [2.75, 3.05) is 0 Å². The minimum atomic E-state index is -0.392. The molecule has 0 aliphatic heterocycles. The fraction of sp³-hybridized carbons (Fsp3) is 0.909. The van der Waals surface area contributed by atoms with Crippen molar-refractivity contribution in [1.82, 2.24) is 5.32 Å². The zero-order chi connectivity index (χ0) is 10.7. The van der Waals surface area contributed by atoms with Gasteiger partial charge in [-0.3, -0.25) is 4.79 Å². The van der Waals surface area contributed by atoms with Crippen LogP contribution in [-0.4, -0.2) is 18.0 Å². The first-order valence-electron chi connectivity index (χ1n) is 5.58. The van der Waals surface area contributed by atoms with Crippen molar-refractivity contribution < 1.29 is 4.79 Å². The van der Waals surface area contributed by atoms with Crippen molar-refractivity contribution in [3.05, 3.63) is 0 Å². The van der Waals surface area contributed by atoms with Crippen LogP contribution < -0.4 is 11.1 Å². The summed E-state index contributed by atoms with van der Waals surface area (Å²) in [6.07, 6.45) is 3.72. The molecule has 14 heavy (non-hydrogen) atoms. The van der Waals surface area contributed by atoms with E-state index in [4.69, 9.17) is 5.73 Å².